The van der Waals surface area contributed by atoms with Crippen molar-refractivity contribution in [1.29, 1.82) is 0 Å². The summed E-state index contributed by atoms with van der Waals surface area (Å²) in [4.78, 5) is 21.6. The normalized spacial score (nSPS) is 13.8. The molecule has 2 unspecified atom stereocenters. The molecule has 0 aliphatic heterocycles. The maximum atomic E-state index is 11.0. The first-order valence-corrected chi connectivity index (χ1v) is 5.48. The highest BCUT2D eigenvalue weighted by atomic mass is 16.5. The lowest BCUT2D eigenvalue weighted by Crippen LogP contribution is -2.23. The molecule has 0 heterocycles. The molecule has 18 heavy (non-hydrogen) atoms. The summed E-state index contributed by atoms with van der Waals surface area (Å²) < 4.78 is 4.42. The number of carbonyl (C=O) groups excluding carboxylic acids is 2. The van der Waals surface area contributed by atoms with Crippen molar-refractivity contribution in [2.45, 2.75) is 25.6 Å². The number of aliphatic hydroxyl groups is 2. The summed E-state index contributed by atoms with van der Waals surface area (Å²) in [7, 11) is 1.21. The van der Waals surface area contributed by atoms with Crippen LogP contribution in [0, 0.1) is 6.92 Å². The molecule has 1 aromatic rings. The van der Waals surface area contributed by atoms with Gasteiger partial charge in [-0.3, -0.25) is 9.59 Å². The molecule has 2 atom stereocenters. The predicted octanol–water partition coefficient (Wildman–Crippen LogP) is 0.765. The summed E-state index contributed by atoms with van der Waals surface area (Å²) in [5.74, 6) is -0.594. The van der Waals surface area contributed by atoms with Gasteiger partial charge in [-0.1, -0.05) is 12.1 Å². The molecular formula is C13H16O5. The van der Waals surface area contributed by atoms with Gasteiger partial charge in [0.2, 0.25) is 0 Å². The van der Waals surface area contributed by atoms with E-state index >= 15 is 0 Å². The molecule has 0 aromatic heterocycles. The van der Waals surface area contributed by atoms with Crippen molar-refractivity contribution in [3.63, 3.8) is 0 Å². The van der Waals surface area contributed by atoms with Crippen LogP contribution in [-0.2, 0) is 9.53 Å². The lowest BCUT2D eigenvalue weighted by Gasteiger charge is -2.19. The monoisotopic (exact) mass is 252 g/mol. The van der Waals surface area contributed by atoms with E-state index in [2.05, 4.69) is 4.74 Å². The molecule has 1 aromatic carbocycles. The highest BCUT2D eigenvalue weighted by molar-refractivity contribution is 5.75. The lowest BCUT2D eigenvalue weighted by molar-refractivity contribution is -0.144. The fraction of sp³-hybridized carbons (Fsp3) is 0.385. The van der Waals surface area contributed by atoms with Crippen molar-refractivity contribution < 1.29 is 24.5 Å². The van der Waals surface area contributed by atoms with Gasteiger partial charge in [0, 0.05) is 5.56 Å². The Kier molecular flexibility index (Phi) is 5.00. The molecule has 0 amide bonds. The van der Waals surface area contributed by atoms with Crippen LogP contribution in [0.2, 0.25) is 0 Å². The van der Waals surface area contributed by atoms with E-state index < -0.39 is 18.2 Å². The van der Waals surface area contributed by atoms with Crippen molar-refractivity contribution in [1.82, 2.24) is 0 Å². The van der Waals surface area contributed by atoms with Gasteiger partial charge >= 0.3 is 5.97 Å². The van der Waals surface area contributed by atoms with Gasteiger partial charge in [-0.2, -0.15) is 0 Å². The first-order valence-electron chi connectivity index (χ1n) is 5.48. The Morgan fingerprint density at radius 2 is 2.11 bits per heavy atom. The van der Waals surface area contributed by atoms with Crippen molar-refractivity contribution in [2.75, 3.05) is 7.11 Å². The zero-order chi connectivity index (χ0) is 13.7. The van der Waals surface area contributed by atoms with Gasteiger partial charge in [0.25, 0.3) is 0 Å². The van der Waals surface area contributed by atoms with Gasteiger partial charge in [0.1, 0.15) is 12.4 Å². The maximum absolute atomic E-state index is 11.0. The largest absolute Gasteiger partial charge is 0.469 e. The Morgan fingerprint density at radius 1 is 1.44 bits per heavy atom. The fourth-order valence-electron chi connectivity index (χ4n) is 1.68. The highest BCUT2D eigenvalue weighted by Gasteiger charge is 2.23. The minimum absolute atomic E-state index is 0.285. The van der Waals surface area contributed by atoms with Gasteiger partial charge in [-0.25, -0.2) is 0 Å². The van der Waals surface area contributed by atoms with Gasteiger partial charge in [0.05, 0.1) is 19.6 Å². The molecule has 0 aliphatic carbocycles. The van der Waals surface area contributed by atoms with E-state index in [4.69, 9.17) is 0 Å². The summed E-state index contributed by atoms with van der Waals surface area (Å²) in [6.07, 6.45) is -2.01. The van der Waals surface area contributed by atoms with Crippen LogP contribution >= 0.6 is 0 Å². The number of aryl methyl sites for hydroxylation is 1. The van der Waals surface area contributed by atoms with Crippen molar-refractivity contribution in [3.05, 3.63) is 34.9 Å². The van der Waals surface area contributed by atoms with E-state index in [-0.39, 0.29) is 6.42 Å². The standard InChI is InChI=1S/C13H16O5/c1-8-5-9(7-14)3-4-10(8)13(17)11(15)6-12(16)18-2/h3-5,7,11,13,15,17H,6H2,1-2H3. The van der Waals surface area contributed by atoms with Crippen LogP contribution in [0.5, 0.6) is 0 Å². The topological polar surface area (TPSA) is 83.8 Å². The summed E-state index contributed by atoms with van der Waals surface area (Å²) >= 11 is 0. The van der Waals surface area contributed by atoms with Crippen LogP contribution in [0.25, 0.3) is 0 Å². The number of benzene rings is 1. The van der Waals surface area contributed by atoms with E-state index in [1.165, 1.54) is 7.11 Å². The summed E-state index contributed by atoms with van der Waals surface area (Å²) in [6, 6.07) is 4.71. The number of aliphatic hydroxyl groups excluding tert-OH is 2. The molecule has 5 nitrogen and oxygen atoms in total. The van der Waals surface area contributed by atoms with Crippen LogP contribution in [0.4, 0.5) is 0 Å². The zero-order valence-electron chi connectivity index (χ0n) is 10.3. The molecule has 1 rings (SSSR count). The molecule has 0 saturated carbocycles. The van der Waals surface area contributed by atoms with Gasteiger partial charge < -0.3 is 14.9 Å². The second-order valence-electron chi connectivity index (χ2n) is 4.03. The Morgan fingerprint density at radius 3 is 2.61 bits per heavy atom. The third-order valence-electron chi connectivity index (χ3n) is 2.72. The molecule has 5 heteroatoms. The van der Waals surface area contributed by atoms with Crippen molar-refractivity contribution in [2.24, 2.45) is 0 Å². The molecule has 0 aliphatic rings. The Hall–Kier alpha value is -1.72. The number of rotatable bonds is 5. The minimum Gasteiger partial charge on any atom is -0.469 e. The van der Waals surface area contributed by atoms with E-state index in [1.807, 2.05) is 0 Å². The highest BCUT2D eigenvalue weighted by Crippen LogP contribution is 2.23. The summed E-state index contributed by atoms with van der Waals surface area (Å²) in [6.45, 7) is 1.72. The second-order valence-corrected chi connectivity index (χ2v) is 4.03. The number of esters is 1. The molecule has 0 radical (unpaired) electrons. The number of carbonyl (C=O) groups is 2. The first kappa shape index (κ1) is 14.3. The van der Waals surface area contributed by atoms with Crippen molar-refractivity contribution in [3.8, 4) is 0 Å². The quantitative estimate of drug-likeness (QED) is 0.597. The van der Waals surface area contributed by atoms with E-state index in [0.29, 0.717) is 23.0 Å². The van der Waals surface area contributed by atoms with Crippen LogP contribution in [0.1, 0.15) is 34.0 Å². The van der Waals surface area contributed by atoms with Gasteiger partial charge in [-0.05, 0) is 24.1 Å². The van der Waals surface area contributed by atoms with Gasteiger partial charge in [0.15, 0.2) is 0 Å². The third-order valence-corrected chi connectivity index (χ3v) is 2.72. The van der Waals surface area contributed by atoms with Crippen LogP contribution in [0.15, 0.2) is 18.2 Å². The molecule has 0 bridgehead atoms. The van der Waals surface area contributed by atoms with E-state index in [1.54, 1.807) is 25.1 Å². The molecule has 0 spiro atoms. The number of hydrogen-bond acceptors (Lipinski definition) is 5. The lowest BCUT2D eigenvalue weighted by atomic mass is 9.96. The molecule has 2 N–H and O–H groups in total. The summed E-state index contributed by atoms with van der Waals surface area (Å²) in [5, 5.41) is 19.6. The number of aldehydes is 1. The summed E-state index contributed by atoms with van der Waals surface area (Å²) in [5.41, 5.74) is 1.65. The Bertz CT molecular complexity index is 441. The van der Waals surface area contributed by atoms with Gasteiger partial charge in [-0.15, -0.1) is 0 Å². The molecule has 0 saturated heterocycles. The molecular weight excluding hydrogens is 236 g/mol. The average molecular weight is 252 g/mol. The predicted molar refractivity (Wildman–Crippen MR) is 64.2 cm³/mol. The Balaban J connectivity index is 2.86. The van der Waals surface area contributed by atoms with Crippen LogP contribution in [-0.4, -0.2) is 35.7 Å². The van der Waals surface area contributed by atoms with E-state index in [9.17, 15) is 19.8 Å². The Labute approximate surface area is 105 Å². The van der Waals surface area contributed by atoms with Crippen molar-refractivity contribution >= 4 is 12.3 Å². The minimum atomic E-state index is -1.24. The second kappa shape index (κ2) is 6.28. The van der Waals surface area contributed by atoms with Crippen LogP contribution in [0.3, 0.4) is 0 Å². The number of methoxy groups -OCH3 is 1. The smallest absolute Gasteiger partial charge is 0.308 e. The SMILES string of the molecule is COC(=O)CC(O)C(O)c1ccc(C=O)cc1C. The average Bonchev–Trinajstić information content (AvgIpc) is 2.37. The first-order chi connectivity index (χ1) is 8.49. The number of hydrogen-bond donors (Lipinski definition) is 2. The molecule has 0 fully saturated rings. The fourth-order valence-corrected chi connectivity index (χ4v) is 1.68. The van der Waals surface area contributed by atoms with Crippen LogP contribution < -0.4 is 0 Å². The van der Waals surface area contributed by atoms with E-state index in [0.717, 1.165) is 0 Å². The molecule has 98 valence electrons. The number of ether oxygens (including phenoxy) is 1. The third kappa shape index (κ3) is 3.38. The zero-order valence-corrected chi connectivity index (χ0v) is 10.3. The maximum Gasteiger partial charge on any atom is 0.308 e.